The first-order valence-electron chi connectivity index (χ1n) is 4.48. The molecule has 4 heteroatoms. The van der Waals surface area contributed by atoms with E-state index >= 15 is 0 Å². The minimum Gasteiger partial charge on any atom is -0.472 e. The number of aromatic nitrogens is 3. The number of hydrogen-bond donors (Lipinski definition) is 1. The van der Waals surface area contributed by atoms with Crippen LogP contribution in [0.2, 0.25) is 0 Å². The van der Waals surface area contributed by atoms with Crippen LogP contribution in [-0.2, 0) is 0 Å². The third-order valence-corrected chi connectivity index (χ3v) is 2.23. The van der Waals surface area contributed by atoms with E-state index in [2.05, 4.69) is 15.4 Å². The van der Waals surface area contributed by atoms with Crippen LogP contribution in [-0.4, -0.2) is 21.5 Å². The van der Waals surface area contributed by atoms with Crippen LogP contribution in [0.1, 0.15) is 32.1 Å². The minimum absolute atomic E-state index is 0.365. The van der Waals surface area contributed by atoms with E-state index in [1.807, 2.05) is 0 Å². The van der Waals surface area contributed by atoms with Gasteiger partial charge in [0, 0.05) is 0 Å². The lowest BCUT2D eigenvalue weighted by Gasteiger charge is -2.20. The van der Waals surface area contributed by atoms with Crippen LogP contribution >= 0.6 is 0 Å². The molecule has 0 atom stereocenters. The van der Waals surface area contributed by atoms with Crippen LogP contribution in [0.5, 0.6) is 5.88 Å². The summed E-state index contributed by atoms with van der Waals surface area (Å²) in [6, 6.07) is 0. The summed E-state index contributed by atoms with van der Waals surface area (Å²) < 4.78 is 5.59. The van der Waals surface area contributed by atoms with Gasteiger partial charge < -0.3 is 4.74 Å². The molecule has 0 bridgehead atoms. The van der Waals surface area contributed by atoms with E-state index in [9.17, 15) is 0 Å². The molecule has 1 N–H and O–H groups in total. The molecule has 2 rings (SSSR count). The van der Waals surface area contributed by atoms with Gasteiger partial charge in [0.05, 0.1) is 6.20 Å². The third kappa shape index (κ3) is 1.75. The number of aromatic amines is 1. The summed E-state index contributed by atoms with van der Waals surface area (Å²) in [5.41, 5.74) is 0. The zero-order valence-electron chi connectivity index (χ0n) is 6.99. The highest BCUT2D eigenvalue weighted by molar-refractivity contribution is 4.98. The molecule has 66 valence electrons. The van der Waals surface area contributed by atoms with Crippen molar-refractivity contribution in [2.75, 3.05) is 0 Å². The van der Waals surface area contributed by atoms with E-state index in [0.717, 1.165) is 12.8 Å². The molecule has 0 radical (unpaired) electrons. The fourth-order valence-corrected chi connectivity index (χ4v) is 1.60. The molecular weight excluding hydrogens is 154 g/mol. The van der Waals surface area contributed by atoms with E-state index in [1.165, 1.54) is 19.3 Å². The van der Waals surface area contributed by atoms with Gasteiger partial charge in [-0.25, -0.2) is 0 Å². The Balaban J connectivity index is 1.86. The second-order valence-corrected chi connectivity index (χ2v) is 3.19. The molecule has 0 saturated heterocycles. The molecule has 1 aliphatic rings. The lowest BCUT2D eigenvalue weighted by atomic mass is 9.98. The highest BCUT2D eigenvalue weighted by Crippen LogP contribution is 2.21. The maximum atomic E-state index is 5.59. The standard InChI is InChI=1S/C8H13N3O/c1-2-4-7(5-3-1)12-8-6-9-11-10-8/h6-7H,1-5H2,(H,9,10,11). The monoisotopic (exact) mass is 167 g/mol. The Kier molecular flexibility index (Phi) is 2.25. The second-order valence-electron chi connectivity index (χ2n) is 3.19. The van der Waals surface area contributed by atoms with Gasteiger partial charge >= 0.3 is 0 Å². The highest BCUT2D eigenvalue weighted by atomic mass is 16.5. The van der Waals surface area contributed by atoms with Crippen molar-refractivity contribution in [2.24, 2.45) is 0 Å². The average molecular weight is 167 g/mol. The first-order chi connectivity index (χ1) is 5.95. The Morgan fingerprint density at radius 1 is 1.33 bits per heavy atom. The zero-order valence-corrected chi connectivity index (χ0v) is 6.99. The molecule has 0 aliphatic heterocycles. The van der Waals surface area contributed by atoms with E-state index in [-0.39, 0.29) is 0 Å². The first-order valence-corrected chi connectivity index (χ1v) is 4.48. The maximum absolute atomic E-state index is 5.59. The van der Waals surface area contributed by atoms with Crippen LogP contribution in [0.3, 0.4) is 0 Å². The van der Waals surface area contributed by atoms with Crippen LogP contribution < -0.4 is 4.74 Å². The van der Waals surface area contributed by atoms with Crippen molar-refractivity contribution >= 4 is 0 Å². The van der Waals surface area contributed by atoms with Crippen LogP contribution in [0.4, 0.5) is 0 Å². The quantitative estimate of drug-likeness (QED) is 0.726. The van der Waals surface area contributed by atoms with Gasteiger partial charge in [0.1, 0.15) is 6.10 Å². The summed E-state index contributed by atoms with van der Waals surface area (Å²) in [6.45, 7) is 0. The molecule has 4 nitrogen and oxygen atoms in total. The Labute approximate surface area is 71.3 Å². The van der Waals surface area contributed by atoms with Gasteiger partial charge in [0.2, 0.25) is 0 Å². The number of nitrogens with one attached hydrogen (secondary N) is 1. The van der Waals surface area contributed by atoms with E-state index < -0.39 is 0 Å². The summed E-state index contributed by atoms with van der Waals surface area (Å²) in [6.07, 6.45) is 8.28. The van der Waals surface area contributed by atoms with Crippen molar-refractivity contribution in [3.63, 3.8) is 0 Å². The van der Waals surface area contributed by atoms with Crippen molar-refractivity contribution in [3.05, 3.63) is 6.20 Å². The van der Waals surface area contributed by atoms with Gasteiger partial charge in [-0.05, 0) is 25.7 Å². The van der Waals surface area contributed by atoms with Gasteiger partial charge in [-0.2, -0.15) is 0 Å². The minimum atomic E-state index is 0.365. The predicted octanol–water partition coefficient (Wildman–Crippen LogP) is 1.52. The van der Waals surface area contributed by atoms with Crippen molar-refractivity contribution in [3.8, 4) is 5.88 Å². The molecule has 1 aromatic heterocycles. The van der Waals surface area contributed by atoms with Crippen molar-refractivity contribution < 1.29 is 4.74 Å². The fraction of sp³-hybridized carbons (Fsp3) is 0.750. The van der Waals surface area contributed by atoms with Gasteiger partial charge in [-0.1, -0.05) is 16.7 Å². The summed E-state index contributed by atoms with van der Waals surface area (Å²) in [7, 11) is 0. The third-order valence-electron chi connectivity index (χ3n) is 2.23. The summed E-state index contributed by atoms with van der Waals surface area (Å²) >= 11 is 0. The average Bonchev–Trinajstić information content (AvgIpc) is 2.59. The van der Waals surface area contributed by atoms with Crippen molar-refractivity contribution in [1.29, 1.82) is 0 Å². The maximum Gasteiger partial charge on any atom is 0.253 e. The Hall–Kier alpha value is -1.06. The molecular formula is C8H13N3O. The Morgan fingerprint density at radius 2 is 2.17 bits per heavy atom. The first kappa shape index (κ1) is 7.58. The smallest absolute Gasteiger partial charge is 0.253 e. The van der Waals surface area contributed by atoms with Crippen molar-refractivity contribution in [2.45, 2.75) is 38.2 Å². The SMILES string of the molecule is c1[nH]nnc1OC1CCCCC1. The molecule has 0 unspecified atom stereocenters. The second kappa shape index (κ2) is 3.56. The number of hydrogen-bond acceptors (Lipinski definition) is 3. The number of nitrogens with zero attached hydrogens (tertiary/aromatic N) is 2. The molecule has 1 fully saturated rings. The molecule has 0 spiro atoms. The largest absolute Gasteiger partial charge is 0.472 e. The molecule has 0 aromatic carbocycles. The molecule has 0 amide bonds. The van der Waals surface area contributed by atoms with Crippen LogP contribution in [0.15, 0.2) is 6.20 Å². The van der Waals surface area contributed by atoms with Crippen LogP contribution in [0, 0.1) is 0 Å². The number of rotatable bonds is 2. The molecule has 1 aliphatic carbocycles. The fourth-order valence-electron chi connectivity index (χ4n) is 1.60. The lowest BCUT2D eigenvalue weighted by molar-refractivity contribution is 0.148. The number of H-pyrrole nitrogens is 1. The summed E-state index contributed by atoms with van der Waals surface area (Å²) in [5, 5.41) is 10.0. The molecule has 1 heterocycles. The van der Waals surface area contributed by atoms with E-state index in [0.29, 0.717) is 12.0 Å². The van der Waals surface area contributed by atoms with Gasteiger partial charge in [0.15, 0.2) is 0 Å². The Morgan fingerprint density at radius 3 is 2.83 bits per heavy atom. The predicted molar refractivity (Wildman–Crippen MR) is 43.9 cm³/mol. The lowest BCUT2D eigenvalue weighted by Crippen LogP contribution is -2.19. The van der Waals surface area contributed by atoms with Crippen molar-refractivity contribution in [1.82, 2.24) is 15.4 Å². The normalized spacial score (nSPS) is 19.3. The molecule has 12 heavy (non-hydrogen) atoms. The van der Waals surface area contributed by atoms with E-state index in [4.69, 9.17) is 4.74 Å². The van der Waals surface area contributed by atoms with Gasteiger partial charge in [-0.15, -0.1) is 0 Å². The summed E-state index contributed by atoms with van der Waals surface area (Å²) in [5.74, 6) is 0.627. The zero-order chi connectivity index (χ0) is 8.23. The molecule has 1 saturated carbocycles. The van der Waals surface area contributed by atoms with Gasteiger partial charge in [0.25, 0.3) is 5.88 Å². The van der Waals surface area contributed by atoms with Crippen LogP contribution in [0.25, 0.3) is 0 Å². The number of ether oxygens (including phenoxy) is 1. The van der Waals surface area contributed by atoms with E-state index in [1.54, 1.807) is 6.20 Å². The summed E-state index contributed by atoms with van der Waals surface area (Å²) in [4.78, 5) is 0. The Bertz CT molecular complexity index is 216. The topological polar surface area (TPSA) is 50.8 Å². The highest BCUT2D eigenvalue weighted by Gasteiger charge is 2.15. The van der Waals surface area contributed by atoms with Gasteiger partial charge in [-0.3, -0.25) is 5.10 Å². The molecule has 1 aromatic rings.